The second-order valence-corrected chi connectivity index (χ2v) is 8.49. The van der Waals surface area contributed by atoms with Crippen molar-refractivity contribution in [2.75, 3.05) is 19.8 Å². The summed E-state index contributed by atoms with van der Waals surface area (Å²) in [4.78, 5) is 37.5. The fourth-order valence-electron chi connectivity index (χ4n) is 3.87. The quantitative estimate of drug-likeness (QED) is 0.123. The number of carbonyl (C=O) groups is 3. The first-order chi connectivity index (χ1) is 19.5. The summed E-state index contributed by atoms with van der Waals surface area (Å²) in [6.45, 7) is 4.33. The van der Waals surface area contributed by atoms with E-state index in [2.05, 4.69) is 15.8 Å². The molecule has 0 saturated heterocycles. The summed E-state index contributed by atoms with van der Waals surface area (Å²) in [6.07, 6.45) is 1.42. The van der Waals surface area contributed by atoms with Crippen molar-refractivity contribution in [3.63, 3.8) is 0 Å². The van der Waals surface area contributed by atoms with Gasteiger partial charge in [0.2, 0.25) is 0 Å². The number of hydrogen-bond donors (Lipinski definition) is 2. The molecule has 0 aliphatic heterocycles. The van der Waals surface area contributed by atoms with Gasteiger partial charge in [-0.2, -0.15) is 5.10 Å². The highest BCUT2D eigenvalue weighted by Gasteiger charge is 2.14. The standard InChI is InChI=1S/C31H29N3O6/c1-3-38-24-15-13-23(14-16-24)31(37)40-27-17-12-21(18-28(27)39-4-2)19-33-34-29(35)20-32-30(36)26-11-7-9-22-8-5-6-10-25(22)26/h5-19H,3-4,20H2,1-2H3,(H,32,36)(H,34,35)/b33-19+. The number of ether oxygens (including phenoxy) is 3. The maximum atomic E-state index is 12.6. The Bertz CT molecular complexity index is 1530. The van der Waals surface area contributed by atoms with Crippen LogP contribution in [0.1, 0.15) is 40.1 Å². The summed E-state index contributed by atoms with van der Waals surface area (Å²) >= 11 is 0. The first-order valence-corrected chi connectivity index (χ1v) is 12.8. The van der Waals surface area contributed by atoms with E-state index in [1.54, 1.807) is 54.6 Å². The third kappa shape index (κ3) is 7.22. The summed E-state index contributed by atoms with van der Waals surface area (Å²) in [6, 6.07) is 24.5. The van der Waals surface area contributed by atoms with Crippen LogP contribution >= 0.6 is 0 Å². The van der Waals surface area contributed by atoms with E-state index in [4.69, 9.17) is 14.2 Å². The molecule has 0 unspecified atom stereocenters. The van der Waals surface area contributed by atoms with Gasteiger partial charge in [-0.05, 0) is 78.7 Å². The number of hydrazone groups is 1. The minimum atomic E-state index is -0.539. The molecule has 0 heterocycles. The smallest absolute Gasteiger partial charge is 0.343 e. The van der Waals surface area contributed by atoms with E-state index in [-0.39, 0.29) is 18.2 Å². The lowest BCUT2D eigenvalue weighted by Crippen LogP contribution is -2.35. The van der Waals surface area contributed by atoms with Gasteiger partial charge in [-0.15, -0.1) is 0 Å². The summed E-state index contributed by atoms with van der Waals surface area (Å²) in [5.41, 5.74) is 3.84. The van der Waals surface area contributed by atoms with Crippen LogP contribution in [0.25, 0.3) is 10.8 Å². The molecule has 9 nitrogen and oxygen atoms in total. The lowest BCUT2D eigenvalue weighted by atomic mass is 10.0. The number of nitrogens with one attached hydrogen (secondary N) is 2. The maximum Gasteiger partial charge on any atom is 0.343 e. The van der Waals surface area contributed by atoms with Crippen molar-refractivity contribution in [2.24, 2.45) is 5.10 Å². The van der Waals surface area contributed by atoms with Crippen molar-refractivity contribution >= 4 is 34.8 Å². The molecule has 0 aliphatic carbocycles. The van der Waals surface area contributed by atoms with Crippen LogP contribution in [0.2, 0.25) is 0 Å². The van der Waals surface area contributed by atoms with Gasteiger partial charge in [-0.1, -0.05) is 36.4 Å². The molecule has 2 N–H and O–H groups in total. The summed E-state index contributed by atoms with van der Waals surface area (Å²) < 4.78 is 16.6. The Morgan fingerprint density at radius 2 is 1.57 bits per heavy atom. The highest BCUT2D eigenvalue weighted by molar-refractivity contribution is 6.07. The van der Waals surface area contributed by atoms with Crippen molar-refractivity contribution in [3.05, 3.63) is 102 Å². The molecule has 4 rings (SSSR count). The van der Waals surface area contributed by atoms with Crippen LogP contribution in [0.3, 0.4) is 0 Å². The molecule has 0 bridgehead atoms. The minimum absolute atomic E-state index is 0.246. The van der Waals surface area contributed by atoms with E-state index in [0.717, 1.165) is 10.8 Å². The molecule has 2 amide bonds. The zero-order chi connectivity index (χ0) is 28.3. The molecule has 0 saturated carbocycles. The molecule has 204 valence electrons. The maximum absolute atomic E-state index is 12.6. The lowest BCUT2D eigenvalue weighted by molar-refractivity contribution is -0.120. The van der Waals surface area contributed by atoms with E-state index in [9.17, 15) is 14.4 Å². The van der Waals surface area contributed by atoms with Gasteiger partial charge >= 0.3 is 5.97 Å². The van der Waals surface area contributed by atoms with Gasteiger partial charge in [0.1, 0.15) is 5.75 Å². The monoisotopic (exact) mass is 539 g/mol. The van der Waals surface area contributed by atoms with E-state index >= 15 is 0 Å². The van der Waals surface area contributed by atoms with Crippen LogP contribution in [0.15, 0.2) is 90.0 Å². The average Bonchev–Trinajstić information content (AvgIpc) is 2.97. The van der Waals surface area contributed by atoms with Crippen molar-refractivity contribution in [1.82, 2.24) is 10.7 Å². The number of benzene rings is 4. The summed E-state index contributed by atoms with van der Waals surface area (Å²) in [7, 11) is 0. The Labute approximate surface area is 231 Å². The Kier molecular flexibility index (Phi) is 9.44. The first kappa shape index (κ1) is 27.8. The lowest BCUT2D eigenvalue weighted by Gasteiger charge is -2.11. The fourth-order valence-corrected chi connectivity index (χ4v) is 3.87. The van der Waals surface area contributed by atoms with Crippen LogP contribution in [0.4, 0.5) is 0 Å². The van der Waals surface area contributed by atoms with Crippen molar-refractivity contribution < 1.29 is 28.6 Å². The topological polar surface area (TPSA) is 115 Å². The number of rotatable bonds is 11. The van der Waals surface area contributed by atoms with Crippen molar-refractivity contribution in [1.29, 1.82) is 0 Å². The zero-order valence-corrected chi connectivity index (χ0v) is 22.2. The molecule has 4 aromatic rings. The van der Waals surface area contributed by atoms with E-state index < -0.39 is 11.9 Å². The number of hydrogen-bond acceptors (Lipinski definition) is 7. The van der Waals surface area contributed by atoms with Crippen LogP contribution in [0.5, 0.6) is 17.2 Å². The highest BCUT2D eigenvalue weighted by atomic mass is 16.6. The predicted molar refractivity (Wildman–Crippen MR) is 152 cm³/mol. The number of fused-ring (bicyclic) bond motifs is 1. The zero-order valence-electron chi connectivity index (χ0n) is 22.2. The molecule has 0 aromatic heterocycles. The van der Waals surface area contributed by atoms with E-state index in [1.807, 2.05) is 44.2 Å². The number of carbonyl (C=O) groups excluding carboxylic acids is 3. The van der Waals surface area contributed by atoms with Gasteiger partial charge in [-0.3, -0.25) is 9.59 Å². The van der Waals surface area contributed by atoms with Gasteiger partial charge < -0.3 is 19.5 Å². The normalized spacial score (nSPS) is 10.8. The predicted octanol–water partition coefficient (Wildman–Crippen LogP) is 4.74. The average molecular weight is 540 g/mol. The van der Waals surface area contributed by atoms with Gasteiger partial charge in [0, 0.05) is 5.56 Å². The van der Waals surface area contributed by atoms with E-state index in [0.29, 0.717) is 41.4 Å². The van der Waals surface area contributed by atoms with Gasteiger partial charge in [0.15, 0.2) is 11.5 Å². The van der Waals surface area contributed by atoms with E-state index in [1.165, 1.54) is 6.21 Å². The highest BCUT2D eigenvalue weighted by Crippen LogP contribution is 2.29. The van der Waals surface area contributed by atoms with Crippen LogP contribution in [0, 0.1) is 0 Å². The minimum Gasteiger partial charge on any atom is -0.494 e. The van der Waals surface area contributed by atoms with Crippen LogP contribution < -0.4 is 25.0 Å². The number of nitrogens with zero attached hydrogens (tertiary/aromatic N) is 1. The van der Waals surface area contributed by atoms with Crippen LogP contribution in [-0.2, 0) is 4.79 Å². The SMILES string of the molecule is CCOc1ccc(C(=O)Oc2ccc(/C=N/NC(=O)CNC(=O)c3cccc4ccccc34)cc2OCC)cc1. The largest absolute Gasteiger partial charge is 0.494 e. The van der Waals surface area contributed by atoms with Crippen molar-refractivity contribution in [2.45, 2.75) is 13.8 Å². The first-order valence-electron chi connectivity index (χ1n) is 12.8. The third-order valence-electron chi connectivity index (χ3n) is 5.72. The molecule has 40 heavy (non-hydrogen) atoms. The second kappa shape index (κ2) is 13.6. The van der Waals surface area contributed by atoms with Gasteiger partial charge in [0.05, 0.1) is 31.5 Å². The molecule has 0 fully saturated rings. The molecule has 0 spiro atoms. The van der Waals surface area contributed by atoms with Gasteiger partial charge in [-0.25, -0.2) is 10.2 Å². The summed E-state index contributed by atoms with van der Waals surface area (Å²) in [5, 5.41) is 8.31. The Balaban J connectivity index is 1.33. The molecular formula is C31H29N3O6. The van der Waals surface area contributed by atoms with Gasteiger partial charge in [0.25, 0.3) is 11.8 Å². The Morgan fingerprint density at radius 3 is 2.35 bits per heavy atom. The molecule has 0 atom stereocenters. The number of amides is 2. The van der Waals surface area contributed by atoms with Crippen LogP contribution in [-0.4, -0.2) is 43.8 Å². The molecule has 0 radical (unpaired) electrons. The molecule has 4 aromatic carbocycles. The van der Waals surface area contributed by atoms with Crippen molar-refractivity contribution in [3.8, 4) is 17.2 Å². The Hall–Kier alpha value is -5.18. The number of esters is 1. The third-order valence-corrected chi connectivity index (χ3v) is 5.72. The second-order valence-electron chi connectivity index (χ2n) is 8.49. The molecule has 9 heteroatoms. The fraction of sp³-hybridized carbons (Fsp3) is 0.161. The summed E-state index contributed by atoms with van der Waals surface area (Å²) in [5.74, 6) is -0.124. The Morgan fingerprint density at radius 1 is 0.825 bits per heavy atom. The molecular weight excluding hydrogens is 510 g/mol. The molecule has 0 aliphatic rings.